The highest BCUT2D eigenvalue weighted by atomic mass is 35.5. The van der Waals surface area contributed by atoms with Crippen molar-refractivity contribution >= 4 is 29.4 Å². The Kier molecular flexibility index (Phi) is 7.56. The van der Waals surface area contributed by atoms with Gasteiger partial charge in [-0.05, 0) is 42.0 Å². The van der Waals surface area contributed by atoms with Crippen molar-refractivity contribution in [3.05, 3.63) is 99.1 Å². The average molecular weight is 440 g/mol. The molecule has 1 amide bonds. The third-order valence-corrected chi connectivity index (χ3v) is 4.42. The van der Waals surface area contributed by atoms with Crippen LogP contribution in [0.15, 0.2) is 77.9 Å². The molecule has 3 aromatic carbocycles. The van der Waals surface area contributed by atoms with Crippen LogP contribution in [0.3, 0.4) is 0 Å². The molecule has 0 unspecified atom stereocenters. The molecule has 0 saturated carbocycles. The van der Waals surface area contributed by atoms with E-state index in [0.717, 1.165) is 11.1 Å². The van der Waals surface area contributed by atoms with Crippen molar-refractivity contribution in [3.63, 3.8) is 0 Å². The van der Waals surface area contributed by atoms with Gasteiger partial charge in [0.15, 0.2) is 12.4 Å². The van der Waals surface area contributed by atoms with Gasteiger partial charge in [0, 0.05) is 16.7 Å². The Morgan fingerprint density at radius 2 is 1.74 bits per heavy atom. The maximum absolute atomic E-state index is 11.8. The number of nitro benzene ring substituents is 1. The molecule has 1 N–H and O–H groups in total. The molecule has 0 heterocycles. The van der Waals surface area contributed by atoms with Crippen LogP contribution in [0.1, 0.15) is 11.1 Å². The van der Waals surface area contributed by atoms with Crippen molar-refractivity contribution in [2.75, 3.05) is 6.61 Å². The SMILES string of the molecule is O=C(COc1ccccc1[N+](=O)[O-])N/N=C/c1ccc(OCc2ccccc2Cl)cc1. The van der Waals surface area contributed by atoms with Crippen LogP contribution in [-0.2, 0) is 11.4 Å². The molecule has 0 spiro atoms. The number of rotatable bonds is 9. The predicted molar refractivity (Wildman–Crippen MR) is 117 cm³/mol. The van der Waals surface area contributed by atoms with E-state index in [1.165, 1.54) is 24.4 Å². The van der Waals surface area contributed by atoms with E-state index in [0.29, 0.717) is 17.4 Å². The highest BCUT2D eigenvalue weighted by molar-refractivity contribution is 6.31. The maximum Gasteiger partial charge on any atom is 0.310 e. The van der Waals surface area contributed by atoms with Gasteiger partial charge in [-0.3, -0.25) is 14.9 Å². The van der Waals surface area contributed by atoms with Crippen LogP contribution in [0.5, 0.6) is 11.5 Å². The number of benzene rings is 3. The van der Waals surface area contributed by atoms with Crippen LogP contribution in [0, 0.1) is 10.1 Å². The molecule has 0 fully saturated rings. The first kappa shape index (κ1) is 21.8. The zero-order valence-corrected chi connectivity index (χ0v) is 17.0. The lowest BCUT2D eigenvalue weighted by Gasteiger charge is -2.07. The second kappa shape index (κ2) is 10.7. The molecule has 8 nitrogen and oxygen atoms in total. The van der Waals surface area contributed by atoms with Gasteiger partial charge in [-0.15, -0.1) is 0 Å². The first-order valence-corrected chi connectivity index (χ1v) is 9.55. The number of carbonyl (C=O) groups is 1. The summed E-state index contributed by atoms with van der Waals surface area (Å²) >= 11 is 6.11. The molecule has 0 saturated heterocycles. The first-order valence-electron chi connectivity index (χ1n) is 9.17. The third kappa shape index (κ3) is 6.55. The molecule has 0 radical (unpaired) electrons. The van der Waals surface area contributed by atoms with Crippen LogP contribution in [-0.4, -0.2) is 23.7 Å². The summed E-state index contributed by atoms with van der Waals surface area (Å²) in [7, 11) is 0. The van der Waals surface area contributed by atoms with Crippen LogP contribution in [0.25, 0.3) is 0 Å². The molecule has 9 heteroatoms. The summed E-state index contributed by atoms with van der Waals surface area (Å²) < 4.78 is 10.9. The number of nitrogens with one attached hydrogen (secondary N) is 1. The number of hydrazone groups is 1. The number of ether oxygens (including phenoxy) is 2. The zero-order chi connectivity index (χ0) is 22.1. The molecule has 0 aliphatic carbocycles. The smallest absolute Gasteiger partial charge is 0.310 e. The van der Waals surface area contributed by atoms with E-state index >= 15 is 0 Å². The van der Waals surface area contributed by atoms with Crippen molar-refractivity contribution in [1.29, 1.82) is 0 Å². The van der Waals surface area contributed by atoms with E-state index in [-0.39, 0.29) is 11.4 Å². The molecule has 0 aliphatic heterocycles. The van der Waals surface area contributed by atoms with Crippen LogP contribution >= 0.6 is 11.6 Å². The Labute approximate surface area is 183 Å². The van der Waals surface area contributed by atoms with E-state index in [9.17, 15) is 14.9 Å². The summed E-state index contributed by atoms with van der Waals surface area (Å²) in [6.45, 7) is -0.0558. The summed E-state index contributed by atoms with van der Waals surface area (Å²) in [6, 6.07) is 20.4. The van der Waals surface area contributed by atoms with Crippen molar-refractivity contribution in [2.24, 2.45) is 5.10 Å². The van der Waals surface area contributed by atoms with Crippen molar-refractivity contribution < 1.29 is 19.2 Å². The van der Waals surface area contributed by atoms with E-state index in [2.05, 4.69) is 10.5 Å². The predicted octanol–water partition coefficient (Wildman–Crippen LogP) is 4.36. The molecule has 3 rings (SSSR count). The number of amides is 1. The summed E-state index contributed by atoms with van der Waals surface area (Å²) in [5.41, 5.74) is 3.73. The van der Waals surface area contributed by atoms with Crippen molar-refractivity contribution in [1.82, 2.24) is 5.43 Å². The first-order chi connectivity index (χ1) is 15.0. The fourth-order valence-electron chi connectivity index (χ4n) is 2.51. The van der Waals surface area contributed by atoms with Gasteiger partial charge >= 0.3 is 5.69 Å². The topological polar surface area (TPSA) is 103 Å². The number of nitro groups is 1. The quantitative estimate of drug-likeness (QED) is 0.303. The second-order valence-corrected chi connectivity index (χ2v) is 6.66. The Morgan fingerprint density at radius 1 is 1.03 bits per heavy atom. The number of halogens is 1. The van der Waals surface area contributed by atoms with E-state index in [1.54, 1.807) is 36.4 Å². The standard InChI is InChI=1S/C22H18ClN3O5/c23-19-6-2-1-5-17(19)14-30-18-11-9-16(10-12-18)13-24-25-22(27)15-31-21-8-4-3-7-20(21)26(28)29/h1-13H,14-15H2,(H,25,27)/b24-13+. The molecule has 0 aromatic heterocycles. The third-order valence-electron chi connectivity index (χ3n) is 4.06. The minimum absolute atomic E-state index is 0.0130. The minimum Gasteiger partial charge on any atom is -0.489 e. The minimum atomic E-state index is -0.576. The van der Waals surface area contributed by atoms with E-state index < -0.39 is 17.4 Å². The fourth-order valence-corrected chi connectivity index (χ4v) is 2.70. The van der Waals surface area contributed by atoms with Gasteiger partial charge in [0.2, 0.25) is 0 Å². The lowest BCUT2D eigenvalue weighted by molar-refractivity contribution is -0.385. The summed E-state index contributed by atoms with van der Waals surface area (Å²) in [6.07, 6.45) is 1.46. The number of carbonyl (C=O) groups excluding carboxylic acids is 1. The molecular formula is C22H18ClN3O5. The molecule has 158 valence electrons. The van der Waals surface area contributed by atoms with E-state index in [4.69, 9.17) is 21.1 Å². The van der Waals surface area contributed by atoms with Gasteiger partial charge in [0.1, 0.15) is 12.4 Å². The number of hydrogen-bond acceptors (Lipinski definition) is 6. The summed E-state index contributed by atoms with van der Waals surface area (Å²) in [4.78, 5) is 22.2. The Hall–Kier alpha value is -3.91. The summed E-state index contributed by atoms with van der Waals surface area (Å²) in [5.74, 6) is 0.132. The number of hydrogen-bond donors (Lipinski definition) is 1. The van der Waals surface area contributed by atoms with Crippen molar-refractivity contribution in [2.45, 2.75) is 6.61 Å². The monoisotopic (exact) mass is 439 g/mol. The van der Waals surface area contributed by atoms with Gasteiger partial charge in [-0.2, -0.15) is 5.10 Å². The molecule has 31 heavy (non-hydrogen) atoms. The van der Waals surface area contributed by atoms with Gasteiger partial charge in [0.25, 0.3) is 5.91 Å². The van der Waals surface area contributed by atoms with Crippen LogP contribution < -0.4 is 14.9 Å². The fraction of sp³-hybridized carbons (Fsp3) is 0.0909. The van der Waals surface area contributed by atoms with Gasteiger partial charge in [0.05, 0.1) is 11.1 Å². The largest absolute Gasteiger partial charge is 0.489 e. The van der Waals surface area contributed by atoms with Gasteiger partial charge < -0.3 is 9.47 Å². The molecule has 3 aromatic rings. The molecule has 0 atom stereocenters. The Balaban J connectivity index is 1.46. The van der Waals surface area contributed by atoms with Crippen LogP contribution in [0.2, 0.25) is 5.02 Å². The lowest BCUT2D eigenvalue weighted by Crippen LogP contribution is -2.24. The highest BCUT2D eigenvalue weighted by Gasteiger charge is 2.14. The number of nitrogens with zero attached hydrogens (tertiary/aromatic N) is 2. The molecular weight excluding hydrogens is 422 g/mol. The normalized spacial score (nSPS) is 10.6. The lowest BCUT2D eigenvalue weighted by atomic mass is 10.2. The van der Waals surface area contributed by atoms with Crippen LogP contribution in [0.4, 0.5) is 5.69 Å². The van der Waals surface area contributed by atoms with Gasteiger partial charge in [-0.1, -0.05) is 41.9 Å². The van der Waals surface area contributed by atoms with Crippen molar-refractivity contribution in [3.8, 4) is 11.5 Å². The average Bonchev–Trinajstić information content (AvgIpc) is 2.78. The second-order valence-electron chi connectivity index (χ2n) is 6.26. The zero-order valence-electron chi connectivity index (χ0n) is 16.2. The van der Waals surface area contributed by atoms with E-state index in [1.807, 2.05) is 18.2 Å². The van der Waals surface area contributed by atoms with Gasteiger partial charge in [-0.25, -0.2) is 5.43 Å². The Bertz CT molecular complexity index is 1090. The Morgan fingerprint density at radius 3 is 2.48 bits per heavy atom. The maximum atomic E-state index is 11.8. The molecule has 0 bridgehead atoms. The summed E-state index contributed by atoms with van der Waals surface area (Å²) in [5, 5.41) is 15.4. The number of para-hydroxylation sites is 2. The molecule has 0 aliphatic rings. The highest BCUT2D eigenvalue weighted by Crippen LogP contribution is 2.25.